The van der Waals surface area contributed by atoms with E-state index in [0.29, 0.717) is 0 Å². The maximum atomic E-state index is 11.6. The second kappa shape index (κ2) is 4.03. The molecule has 0 saturated carbocycles. The second-order valence-corrected chi connectivity index (χ2v) is 4.19. The lowest BCUT2D eigenvalue weighted by Gasteiger charge is -2.25. The molecule has 0 N–H and O–H groups in total. The zero-order chi connectivity index (χ0) is 10.8. The summed E-state index contributed by atoms with van der Waals surface area (Å²) in [6, 6.07) is 7.73. The number of carbonyl (C=O) groups is 1. The van der Waals surface area contributed by atoms with Crippen LogP contribution in [0.4, 0.5) is 0 Å². The van der Waals surface area contributed by atoms with Gasteiger partial charge in [0.15, 0.2) is 0 Å². The number of carbonyl (C=O) groups excluding carboxylic acids is 1. The van der Waals surface area contributed by atoms with E-state index in [9.17, 15) is 4.79 Å². The number of hydrogen-bond acceptors (Lipinski definition) is 3. The van der Waals surface area contributed by atoms with Crippen molar-refractivity contribution in [3.63, 3.8) is 0 Å². The lowest BCUT2D eigenvalue weighted by molar-refractivity contribution is -0.140. The van der Waals surface area contributed by atoms with Gasteiger partial charge in [-0.25, -0.2) is 0 Å². The van der Waals surface area contributed by atoms with Gasteiger partial charge in [-0.2, -0.15) is 0 Å². The van der Waals surface area contributed by atoms with Crippen LogP contribution in [0, 0.1) is 5.92 Å². The van der Waals surface area contributed by atoms with Gasteiger partial charge in [-0.05, 0) is 32.1 Å². The van der Waals surface area contributed by atoms with Crippen molar-refractivity contribution in [1.82, 2.24) is 4.90 Å². The Morgan fingerprint density at radius 2 is 2.13 bits per heavy atom. The summed E-state index contributed by atoms with van der Waals surface area (Å²) >= 11 is 0. The Bertz CT molecular complexity index is 374. The first kappa shape index (κ1) is 10.2. The van der Waals surface area contributed by atoms with E-state index in [1.54, 1.807) is 0 Å². The Hall–Kier alpha value is -1.35. The van der Waals surface area contributed by atoms with E-state index >= 15 is 0 Å². The lowest BCUT2D eigenvalue weighted by Crippen LogP contribution is -2.35. The van der Waals surface area contributed by atoms with Gasteiger partial charge in [-0.1, -0.05) is 18.2 Å². The maximum absolute atomic E-state index is 11.6. The summed E-state index contributed by atoms with van der Waals surface area (Å²) in [5.74, 6) is 0.579. The third kappa shape index (κ3) is 2.18. The summed E-state index contributed by atoms with van der Waals surface area (Å²) in [6.07, 6.45) is 0.785. The molecular weight excluding hydrogens is 190 g/mol. The predicted molar refractivity (Wildman–Crippen MR) is 57.8 cm³/mol. The summed E-state index contributed by atoms with van der Waals surface area (Å²) in [4.78, 5) is 13.7. The predicted octanol–water partition coefficient (Wildman–Crippen LogP) is 1.33. The molecule has 3 heteroatoms. The Labute approximate surface area is 89.7 Å². The van der Waals surface area contributed by atoms with Gasteiger partial charge in [0.05, 0.1) is 5.92 Å². The van der Waals surface area contributed by atoms with E-state index in [2.05, 4.69) is 0 Å². The lowest BCUT2D eigenvalue weighted by atomic mass is 9.96. The molecule has 0 aliphatic carbocycles. The summed E-state index contributed by atoms with van der Waals surface area (Å²) in [5, 5.41) is 0. The maximum Gasteiger partial charge on any atom is 0.315 e. The first-order valence-electron chi connectivity index (χ1n) is 5.11. The molecule has 80 valence electrons. The van der Waals surface area contributed by atoms with E-state index in [4.69, 9.17) is 4.74 Å². The average Bonchev–Trinajstić information content (AvgIpc) is 2.18. The molecule has 1 aromatic carbocycles. The zero-order valence-electron chi connectivity index (χ0n) is 9.06. The van der Waals surface area contributed by atoms with Crippen molar-refractivity contribution < 1.29 is 9.53 Å². The van der Waals surface area contributed by atoms with Crippen molar-refractivity contribution >= 4 is 5.97 Å². The normalized spacial score (nSPS) is 19.9. The van der Waals surface area contributed by atoms with Crippen molar-refractivity contribution in [2.45, 2.75) is 6.42 Å². The highest BCUT2D eigenvalue weighted by Crippen LogP contribution is 2.27. The molecule has 1 atom stereocenters. The third-order valence-corrected chi connectivity index (χ3v) is 2.57. The number of esters is 1. The quantitative estimate of drug-likeness (QED) is 0.539. The number of fused-ring (bicyclic) bond motifs is 1. The van der Waals surface area contributed by atoms with Crippen molar-refractivity contribution in [1.29, 1.82) is 0 Å². The fourth-order valence-corrected chi connectivity index (χ4v) is 1.89. The number of ether oxygens (including phenoxy) is 1. The van der Waals surface area contributed by atoms with Crippen LogP contribution in [0.1, 0.15) is 5.56 Å². The van der Waals surface area contributed by atoms with Crippen LogP contribution in [0.5, 0.6) is 5.75 Å². The van der Waals surface area contributed by atoms with Crippen LogP contribution in [0.3, 0.4) is 0 Å². The highest BCUT2D eigenvalue weighted by Gasteiger charge is 2.28. The number of para-hydroxylation sites is 1. The molecule has 1 heterocycles. The van der Waals surface area contributed by atoms with Crippen molar-refractivity contribution in [3.8, 4) is 5.75 Å². The summed E-state index contributed by atoms with van der Waals surface area (Å²) in [7, 11) is 3.93. The van der Waals surface area contributed by atoms with Gasteiger partial charge >= 0.3 is 5.97 Å². The molecule has 1 aliphatic heterocycles. The highest BCUT2D eigenvalue weighted by molar-refractivity contribution is 5.78. The van der Waals surface area contributed by atoms with Crippen LogP contribution in [0.25, 0.3) is 0 Å². The molecule has 0 amide bonds. The SMILES string of the molecule is CN(C)CC1Cc2ccccc2OC1=O. The molecule has 0 saturated heterocycles. The number of rotatable bonds is 2. The summed E-state index contributed by atoms with van der Waals surface area (Å²) in [6.45, 7) is 0.743. The van der Waals surface area contributed by atoms with Crippen molar-refractivity contribution in [3.05, 3.63) is 29.8 Å². The van der Waals surface area contributed by atoms with E-state index < -0.39 is 0 Å². The Kier molecular flexibility index (Phi) is 2.73. The largest absolute Gasteiger partial charge is 0.426 e. The topological polar surface area (TPSA) is 29.5 Å². The molecule has 2 rings (SSSR count). The van der Waals surface area contributed by atoms with Gasteiger partial charge in [-0.15, -0.1) is 0 Å². The average molecular weight is 205 g/mol. The van der Waals surface area contributed by atoms with Crippen molar-refractivity contribution in [2.75, 3.05) is 20.6 Å². The van der Waals surface area contributed by atoms with Crippen LogP contribution in [0.2, 0.25) is 0 Å². The smallest absolute Gasteiger partial charge is 0.315 e. The fraction of sp³-hybridized carbons (Fsp3) is 0.417. The third-order valence-electron chi connectivity index (χ3n) is 2.57. The zero-order valence-corrected chi connectivity index (χ0v) is 9.06. The van der Waals surface area contributed by atoms with Crippen molar-refractivity contribution in [2.24, 2.45) is 5.92 Å². The number of hydrogen-bond donors (Lipinski definition) is 0. The molecular formula is C12H15NO2. The molecule has 0 fully saturated rings. The molecule has 0 bridgehead atoms. The Balaban J connectivity index is 2.18. The molecule has 0 aromatic heterocycles. The van der Waals surface area contributed by atoms with Crippen LogP contribution in [0.15, 0.2) is 24.3 Å². The molecule has 1 unspecified atom stereocenters. The van der Waals surface area contributed by atoms with E-state index in [0.717, 1.165) is 24.3 Å². The summed E-state index contributed by atoms with van der Waals surface area (Å²) in [5.41, 5.74) is 1.13. The highest BCUT2D eigenvalue weighted by atomic mass is 16.5. The number of nitrogens with zero attached hydrogens (tertiary/aromatic N) is 1. The van der Waals surface area contributed by atoms with Gasteiger partial charge in [0.1, 0.15) is 5.75 Å². The fourth-order valence-electron chi connectivity index (χ4n) is 1.89. The molecule has 3 nitrogen and oxygen atoms in total. The van der Waals surface area contributed by atoms with E-state index in [1.165, 1.54) is 0 Å². The second-order valence-electron chi connectivity index (χ2n) is 4.19. The van der Waals surface area contributed by atoms with Crippen LogP contribution >= 0.6 is 0 Å². The Morgan fingerprint density at radius 1 is 1.40 bits per heavy atom. The first-order valence-corrected chi connectivity index (χ1v) is 5.11. The minimum Gasteiger partial charge on any atom is -0.426 e. The summed E-state index contributed by atoms with van der Waals surface area (Å²) < 4.78 is 5.28. The van der Waals surface area contributed by atoms with Gasteiger partial charge in [0, 0.05) is 6.54 Å². The Morgan fingerprint density at radius 3 is 2.87 bits per heavy atom. The van der Waals surface area contributed by atoms with Gasteiger partial charge in [-0.3, -0.25) is 4.79 Å². The molecule has 15 heavy (non-hydrogen) atoms. The molecule has 0 radical (unpaired) electrons. The first-order chi connectivity index (χ1) is 7.16. The van der Waals surface area contributed by atoms with Crippen LogP contribution < -0.4 is 4.74 Å². The van der Waals surface area contributed by atoms with Gasteiger partial charge in [0.25, 0.3) is 0 Å². The van der Waals surface area contributed by atoms with Gasteiger partial charge < -0.3 is 9.64 Å². The number of benzene rings is 1. The monoisotopic (exact) mass is 205 g/mol. The van der Waals surface area contributed by atoms with Crippen LogP contribution in [-0.2, 0) is 11.2 Å². The van der Waals surface area contributed by atoms with E-state index in [-0.39, 0.29) is 11.9 Å². The molecule has 0 spiro atoms. The van der Waals surface area contributed by atoms with Crippen LogP contribution in [-0.4, -0.2) is 31.5 Å². The van der Waals surface area contributed by atoms with Gasteiger partial charge in [0.2, 0.25) is 0 Å². The minimum atomic E-state index is -0.109. The standard InChI is InChI=1S/C12H15NO2/c1-13(2)8-10-7-9-5-3-4-6-11(9)15-12(10)14/h3-6,10H,7-8H2,1-2H3. The molecule has 1 aliphatic rings. The molecule has 1 aromatic rings. The van der Waals surface area contributed by atoms with E-state index in [1.807, 2.05) is 43.3 Å². The minimum absolute atomic E-state index is 0.0325.